The quantitative estimate of drug-likeness (QED) is 0.499. The van der Waals surface area contributed by atoms with Crippen molar-refractivity contribution in [2.75, 3.05) is 11.9 Å². The maximum Gasteiger partial charge on any atom is 0.269 e. The number of hydrazine groups is 1. The number of carbonyl (C=O) groups is 3. The molecule has 1 aliphatic rings. The van der Waals surface area contributed by atoms with Crippen molar-refractivity contribution in [3.05, 3.63) is 87.9 Å². The van der Waals surface area contributed by atoms with E-state index in [9.17, 15) is 14.4 Å². The Morgan fingerprint density at radius 1 is 1.00 bits per heavy atom. The van der Waals surface area contributed by atoms with Crippen LogP contribution in [0.1, 0.15) is 31.8 Å². The first-order chi connectivity index (χ1) is 15.9. The van der Waals surface area contributed by atoms with E-state index in [1.807, 2.05) is 13.0 Å². The normalized spacial score (nSPS) is 12.1. The summed E-state index contributed by atoms with van der Waals surface area (Å²) in [5.41, 5.74) is 7.69. The van der Waals surface area contributed by atoms with Crippen molar-refractivity contribution in [2.24, 2.45) is 0 Å². The van der Waals surface area contributed by atoms with E-state index in [2.05, 4.69) is 16.2 Å². The molecule has 4 rings (SSSR count). The number of benzene rings is 3. The number of nitrogens with one attached hydrogen (secondary N) is 3. The van der Waals surface area contributed by atoms with Crippen LogP contribution in [-0.2, 0) is 11.4 Å². The smallest absolute Gasteiger partial charge is 0.269 e. The summed E-state index contributed by atoms with van der Waals surface area (Å²) in [7, 11) is 0. The van der Waals surface area contributed by atoms with Gasteiger partial charge in [-0.1, -0.05) is 23.7 Å². The highest BCUT2D eigenvalue weighted by Crippen LogP contribution is 2.28. The number of fused-ring (bicyclic) bond motifs is 1. The van der Waals surface area contributed by atoms with Crippen molar-refractivity contribution < 1.29 is 23.9 Å². The molecule has 0 unspecified atom stereocenters. The van der Waals surface area contributed by atoms with Gasteiger partial charge in [0, 0.05) is 16.1 Å². The van der Waals surface area contributed by atoms with Crippen molar-refractivity contribution in [1.82, 2.24) is 10.9 Å². The van der Waals surface area contributed by atoms with Crippen LogP contribution in [0.4, 0.5) is 5.69 Å². The molecule has 0 bridgehead atoms. The first-order valence-electron chi connectivity index (χ1n) is 10.0. The summed E-state index contributed by atoms with van der Waals surface area (Å²) in [6.45, 7) is 2.12. The van der Waals surface area contributed by atoms with Crippen molar-refractivity contribution in [2.45, 2.75) is 13.5 Å². The molecule has 0 atom stereocenters. The monoisotopic (exact) mass is 465 g/mol. The largest absolute Gasteiger partial charge is 0.489 e. The van der Waals surface area contributed by atoms with Gasteiger partial charge in [-0.25, -0.2) is 0 Å². The van der Waals surface area contributed by atoms with Gasteiger partial charge >= 0.3 is 0 Å². The molecule has 0 aliphatic carbocycles. The number of rotatable bonds is 5. The molecule has 3 aromatic carbocycles. The van der Waals surface area contributed by atoms with Crippen molar-refractivity contribution >= 4 is 35.0 Å². The van der Waals surface area contributed by atoms with Gasteiger partial charge in [0.05, 0.1) is 5.69 Å². The Labute approximate surface area is 194 Å². The molecular weight excluding hydrogens is 446 g/mol. The number of amides is 3. The maximum atomic E-state index is 12.4. The van der Waals surface area contributed by atoms with Gasteiger partial charge in [-0.05, 0) is 66.6 Å². The van der Waals surface area contributed by atoms with E-state index in [4.69, 9.17) is 21.1 Å². The van der Waals surface area contributed by atoms with Crippen LogP contribution in [0.15, 0.2) is 60.7 Å². The fourth-order valence-electron chi connectivity index (χ4n) is 3.10. The number of aryl methyl sites for hydroxylation is 1. The molecular formula is C24H20ClN3O5. The molecule has 1 aliphatic heterocycles. The molecule has 0 radical (unpaired) electrons. The molecule has 0 saturated heterocycles. The topological polar surface area (TPSA) is 106 Å². The zero-order chi connectivity index (χ0) is 23.4. The van der Waals surface area contributed by atoms with Crippen LogP contribution < -0.4 is 25.6 Å². The molecule has 0 fully saturated rings. The lowest BCUT2D eigenvalue weighted by atomic mass is 10.1. The number of ether oxygens (including phenoxy) is 2. The van der Waals surface area contributed by atoms with E-state index in [1.165, 1.54) is 12.1 Å². The molecule has 3 aromatic rings. The molecule has 33 heavy (non-hydrogen) atoms. The van der Waals surface area contributed by atoms with Gasteiger partial charge in [-0.3, -0.25) is 25.2 Å². The molecule has 3 N–H and O–H groups in total. The van der Waals surface area contributed by atoms with Crippen LogP contribution in [-0.4, -0.2) is 24.3 Å². The minimum Gasteiger partial charge on any atom is -0.489 e. The molecule has 1 heterocycles. The van der Waals surface area contributed by atoms with E-state index >= 15 is 0 Å². The third kappa shape index (κ3) is 5.42. The summed E-state index contributed by atoms with van der Waals surface area (Å²) in [6, 6.07) is 16.8. The zero-order valence-electron chi connectivity index (χ0n) is 17.6. The maximum absolute atomic E-state index is 12.4. The highest BCUT2D eigenvalue weighted by Gasteiger charge is 2.18. The number of anilines is 1. The molecule has 0 spiro atoms. The molecule has 3 amide bonds. The van der Waals surface area contributed by atoms with Crippen LogP contribution in [0.2, 0.25) is 5.02 Å². The Morgan fingerprint density at radius 2 is 1.70 bits per heavy atom. The van der Waals surface area contributed by atoms with Gasteiger partial charge < -0.3 is 14.8 Å². The second-order valence-corrected chi connectivity index (χ2v) is 7.76. The second kappa shape index (κ2) is 9.62. The number of hydrogen-bond donors (Lipinski definition) is 3. The lowest BCUT2D eigenvalue weighted by molar-refractivity contribution is -0.118. The van der Waals surface area contributed by atoms with Gasteiger partial charge in [-0.15, -0.1) is 0 Å². The minimum atomic E-state index is -0.519. The third-order valence-electron chi connectivity index (χ3n) is 4.92. The predicted octanol–water partition coefficient (Wildman–Crippen LogP) is 3.63. The fraction of sp³-hybridized carbons (Fsp3) is 0.125. The van der Waals surface area contributed by atoms with Gasteiger partial charge in [0.1, 0.15) is 18.1 Å². The lowest BCUT2D eigenvalue weighted by Crippen LogP contribution is -2.41. The van der Waals surface area contributed by atoms with Crippen LogP contribution in [0.25, 0.3) is 0 Å². The van der Waals surface area contributed by atoms with E-state index in [-0.39, 0.29) is 18.1 Å². The number of halogens is 1. The number of carbonyl (C=O) groups excluding carboxylic acids is 3. The van der Waals surface area contributed by atoms with Crippen LogP contribution in [0, 0.1) is 6.92 Å². The van der Waals surface area contributed by atoms with Crippen molar-refractivity contribution in [3.63, 3.8) is 0 Å². The van der Waals surface area contributed by atoms with Crippen molar-refractivity contribution in [1.29, 1.82) is 0 Å². The highest BCUT2D eigenvalue weighted by molar-refractivity contribution is 6.31. The first kappa shape index (κ1) is 22.2. The summed E-state index contributed by atoms with van der Waals surface area (Å²) < 4.78 is 11.0. The van der Waals surface area contributed by atoms with Crippen LogP contribution in [0.5, 0.6) is 11.5 Å². The first-order valence-corrected chi connectivity index (χ1v) is 10.4. The summed E-state index contributed by atoms with van der Waals surface area (Å²) in [5.74, 6) is -0.151. The second-order valence-electron chi connectivity index (χ2n) is 7.35. The highest BCUT2D eigenvalue weighted by atomic mass is 35.5. The Hall–Kier alpha value is -4.04. The van der Waals surface area contributed by atoms with E-state index in [1.54, 1.807) is 42.5 Å². The Morgan fingerprint density at radius 3 is 2.42 bits per heavy atom. The van der Waals surface area contributed by atoms with Crippen LogP contribution >= 0.6 is 11.6 Å². The lowest BCUT2D eigenvalue weighted by Gasteiger charge is -2.18. The molecule has 0 saturated carbocycles. The summed E-state index contributed by atoms with van der Waals surface area (Å²) >= 11 is 6.02. The Bertz CT molecular complexity index is 1230. The standard InChI is InChI=1S/C24H20ClN3O5/c1-14-10-18(7-8-19(14)25)32-12-15-2-4-16(5-3-15)23(30)27-28-24(31)17-6-9-20-21(11-17)33-13-22(29)26-20/h2-11H,12-13H2,1H3,(H,26,29)(H,27,30)(H,28,31). The average Bonchev–Trinajstić information content (AvgIpc) is 2.83. The summed E-state index contributed by atoms with van der Waals surface area (Å²) in [4.78, 5) is 36.1. The van der Waals surface area contributed by atoms with Gasteiger partial charge in [0.2, 0.25) is 0 Å². The van der Waals surface area contributed by atoms with Gasteiger partial charge in [0.25, 0.3) is 17.7 Å². The Kier molecular flexibility index (Phi) is 6.46. The van der Waals surface area contributed by atoms with Crippen molar-refractivity contribution in [3.8, 4) is 11.5 Å². The molecule has 8 nitrogen and oxygen atoms in total. The number of hydrogen-bond acceptors (Lipinski definition) is 5. The van der Waals surface area contributed by atoms with E-state index in [0.29, 0.717) is 34.4 Å². The molecule has 9 heteroatoms. The third-order valence-corrected chi connectivity index (χ3v) is 5.34. The minimum absolute atomic E-state index is 0.116. The molecule has 0 aromatic heterocycles. The zero-order valence-corrected chi connectivity index (χ0v) is 18.4. The summed E-state index contributed by atoms with van der Waals surface area (Å²) in [5, 5.41) is 3.32. The van der Waals surface area contributed by atoms with E-state index < -0.39 is 11.8 Å². The molecule has 168 valence electrons. The fourth-order valence-corrected chi connectivity index (χ4v) is 3.22. The summed E-state index contributed by atoms with van der Waals surface area (Å²) in [6.07, 6.45) is 0. The van der Waals surface area contributed by atoms with Crippen LogP contribution in [0.3, 0.4) is 0 Å². The van der Waals surface area contributed by atoms with Gasteiger partial charge in [0.15, 0.2) is 6.61 Å². The van der Waals surface area contributed by atoms with Gasteiger partial charge in [-0.2, -0.15) is 0 Å². The SMILES string of the molecule is Cc1cc(OCc2ccc(C(=O)NNC(=O)c3ccc4c(c3)OCC(=O)N4)cc2)ccc1Cl. The average molecular weight is 466 g/mol. The Balaban J connectivity index is 1.30. The van der Waals surface area contributed by atoms with E-state index in [0.717, 1.165) is 11.1 Å². The predicted molar refractivity (Wildman–Crippen MR) is 122 cm³/mol.